The largest absolute Gasteiger partial charge is 0.352 e. The quantitative estimate of drug-likeness (QED) is 0.496. The number of pyridine rings is 1. The van der Waals surface area contributed by atoms with E-state index >= 15 is 0 Å². The fourth-order valence-electron chi connectivity index (χ4n) is 3.57. The monoisotopic (exact) mass is 398 g/mol. The van der Waals surface area contributed by atoms with Gasteiger partial charge < -0.3 is 9.88 Å². The number of nitrogens with zero attached hydrogens (tertiary/aromatic N) is 3. The zero-order valence-electron chi connectivity index (χ0n) is 17.4. The molecule has 0 aliphatic heterocycles. The second-order valence-corrected chi connectivity index (χ2v) is 7.75. The molecule has 4 aromatic rings. The van der Waals surface area contributed by atoms with Crippen molar-refractivity contribution in [2.24, 2.45) is 0 Å². The van der Waals surface area contributed by atoms with E-state index in [9.17, 15) is 4.79 Å². The van der Waals surface area contributed by atoms with Gasteiger partial charge in [-0.2, -0.15) is 0 Å². The molecule has 0 aliphatic rings. The maximum absolute atomic E-state index is 12.3. The molecule has 0 radical (unpaired) electrons. The van der Waals surface area contributed by atoms with Crippen LogP contribution in [0.1, 0.15) is 47.1 Å². The zero-order chi connectivity index (χ0) is 20.9. The van der Waals surface area contributed by atoms with E-state index in [-0.39, 0.29) is 5.91 Å². The number of para-hydroxylation sites is 2. The van der Waals surface area contributed by atoms with Gasteiger partial charge in [0.1, 0.15) is 5.82 Å². The van der Waals surface area contributed by atoms with Crippen molar-refractivity contribution in [3.63, 3.8) is 0 Å². The fraction of sp³-hybridized carbons (Fsp3) is 0.240. The minimum Gasteiger partial charge on any atom is -0.352 e. The molecule has 0 bridgehead atoms. The van der Waals surface area contributed by atoms with Crippen LogP contribution in [0.15, 0.2) is 73.1 Å². The lowest BCUT2D eigenvalue weighted by atomic mass is 10.0. The fourth-order valence-corrected chi connectivity index (χ4v) is 3.57. The van der Waals surface area contributed by atoms with Gasteiger partial charge in [0.2, 0.25) is 0 Å². The highest BCUT2D eigenvalue weighted by molar-refractivity contribution is 5.93. The van der Waals surface area contributed by atoms with Crippen LogP contribution in [0, 0.1) is 0 Å². The van der Waals surface area contributed by atoms with Crippen molar-refractivity contribution in [2.45, 2.75) is 32.7 Å². The molecule has 1 N–H and O–H groups in total. The van der Waals surface area contributed by atoms with Crippen LogP contribution < -0.4 is 5.32 Å². The third kappa shape index (κ3) is 4.40. The van der Waals surface area contributed by atoms with Crippen LogP contribution in [0.5, 0.6) is 0 Å². The van der Waals surface area contributed by atoms with Crippen LogP contribution in [0.3, 0.4) is 0 Å². The van der Waals surface area contributed by atoms with Crippen molar-refractivity contribution in [1.82, 2.24) is 19.9 Å². The van der Waals surface area contributed by atoms with Gasteiger partial charge in [0.05, 0.1) is 16.6 Å². The summed E-state index contributed by atoms with van der Waals surface area (Å²) in [4.78, 5) is 21.1. The molecule has 2 heterocycles. The van der Waals surface area contributed by atoms with Gasteiger partial charge in [-0.1, -0.05) is 50.2 Å². The summed E-state index contributed by atoms with van der Waals surface area (Å²) in [5, 5.41) is 2.97. The molecule has 0 unspecified atom stereocenters. The summed E-state index contributed by atoms with van der Waals surface area (Å²) in [6, 6.07) is 20.5. The maximum Gasteiger partial charge on any atom is 0.252 e. The summed E-state index contributed by atoms with van der Waals surface area (Å²) in [6.07, 6.45) is 3.89. The molecule has 0 spiro atoms. The van der Waals surface area contributed by atoms with E-state index in [0.717, 1.165) is 23.4 Å². The maximum atomic E-state index is 12.3. The van der Waals surface area contributed by atoms with Crippen molar-refractivity contribution < 1.29 is 4.79 Å². The molecular weight excluding hydrogens is 372 g/mol. The van der Waals surface area contributed by atoms with E-state index in [1.54, 1.807) is 24.5 Å². The summed E-state index contributed by atoms with van der Waals surface area (Å²) in [7, 11) is 0. The number of aromatic nitrogens is 3. The average molecular weight is 399 g/mol. The molecule has 5 heteroatoms. The smallest absolute Gasteiger partial charge is 0.252 e. The van der Waals surface area contributed by atoms with Gasteiger partial charge in [-0.3, -0.25) is 9.78 Å². The van der Waals surface area contributed by atoms with Gasteiger partial charge >= 0.3 is 0 Å². The summed E-state index contributed by atoms with van der Waals surface area (Å²) in [6.45, 7) is 5.68. The summed E-state index contributed by atoms with van der Waals surface area (Å²) in [5.41, 5.74) is 5.23. The average Bonchev–Trinajstić information content (AvgIpc) is 3.12. The highest BCUT2D eigenvalue weighted by Gasteiger charge is 2.12. The Kier molecular flexibility index (Phi) is 5.89. The highest BCUT2D eigenvalue weighted by Crippen LogP contribution is 2.20. The minimum absolute atomic E-state index is 0.116. The Morgan fingerprint density at radius 3 is 2.57 bits per heavy atom. The van der Waals surface area contributed by atoms with Crippen molar-refractivity contribution in [1.29, 1.82) is 0 Å². The van der Waals surface area contributed by atoms with Crippen LogP contribution in [0.4, 0.5) is 0 Å². The number of imidazole rings is 1. The highest BCUT2D eigenvalue weighted by atomic mass is 16.1. The van der Waals surface area contributed by atoms with Gasteiger partial charge in [-0.15, -0.1) is 0 Å². The van der Waals surface area contributed by atoms with Gasteiger partial charge in [0.15, 0.2) is 0 Å². The standard InChI is InChI=1S/C25H26N4O/c1-18(2)20-11-9-19(10-12-20)17-29-23-8-4-3-7-22(23)28-24(29)13-15-27-25(30)21-6-5-14-26-16-21/h3-12,14,16,18H,13,15,17H2,1-2H3,(H,27,30). The molecule has 0 aliphatic carbocycles. The predicted octanol–water partition coefficient (Wildman–Crippen LogP) is 4.58. The SMILES string of the molecule is CC(C)c1ccc(Cn2c(CCNC(=O)c3cccnc3)nc3ccccc32)cc1. The van der Waals surface area contributed by atoms with Crippen LogP contribution in [-0.2, 0) is 13.0 Å². The number of rotatable bonds is 7. The zero-order valence-corrected chi connectivity index (χ0v) is 17.4. The first-order chi connectivity index (χ1) is 14.6. The number of carbonyl (C=O) groups excluding carboxylic acids is 1. The molecule has 2 aromatic heterocycles. The molecule has 0 atom stereocenters. The number of amides is 1. The predicted molar refractivity (Wildman–Crippen MR) is 120 cm³/mol. The van der Waals surface area contributed by atoms with Crippen LogP contribution in [-0.4, -0.2) is 27.0 Å². The first-order valence-electron chi connectivity index (χ1n) is 10.3. The molecule has 0 fully saturated rings. The molecule has 2 aromatic carbocycles. The second kappa shape index (κ2) is 8.91. The van der Waals surface area contributed by atoms with Crippen molar-refractivity contribution >= 4 is 16.9 Å². The topological polar surface area (TPSA) is 59.8 Å². The van der Waals surface area contributed by atoms with E-state index < -0.39 is 0 Å². The third-order valence-corrected chi connectivity index (χ3v) is 5.28. The number of hydrogen-bond acceptors (Lipinski definition) is 3. The van der Waals surface area contributed by atoms with E-state index in [2.05, 4.69) is 59.0 Å². The van der Waals surface area contributed by atoms with E-state index in [0.29, 0.717) is 24.4 Å². The molecule has 0 saturated carbocycles. The Morgan fingerprint density at radius 1 is 1.03 bits per heavy atom. The lowest BCUT2D eigenvalue weighted by Gasteiger charge is -2.12. The van der Waals surface area contributed by atoms with Gasteiger partial charge in [-0.05, 0) is 41.3 Å². The third-order valence-electron chi connectivity index (χ3n) is 5.28. The number of nitrogens with one attached hydrogen (secondary N) is 1. The summed E-state index contributed by atoms with van der Waals surface area (Å²) >= 11 is 0. The number of hydrogen-bond donors (Lipinski definition) is 1. The van der Waals surface area contributed by atoms with Crippen molar-refractivity contribution in [3.05, 3.63) is 95.6 Å². The van der Waals surface area contributed by atoms with E-state index in [4.69, 9.17) is 4.98 Å². The Labute approximate surface area is 176 Å². The number of benzene rings is 2. The van der Waals surface area contributed by atoms with E-state index in [1.165, 1.54) is 11.1 Å². The van der Waals surface area contributed by atoms with Crippen molar-refractivity contribution in [2.75, 3.05) is 6.54 Å². The Balaban J connectivity index is 1.52. The van der Waals surface area contributed by atoms with Gasteiger partial charge in [0.25, 0.3) is 5.91 Å². The van der Waals surface area contributed by atoms with Gasteiger partial charge in [0, 0.05) is 31.9 Å². The Morgan fingerprint density at radius 2 is 1.83 bits per heavy atom. The van der Waals surface area contributed by atoms with Crippen LogP contribution in [0.2, 0.25) is 0 Å². The normalized spacial score (nSPS) is 11.2. The molecule has 0 saturated heterocycles. The lowest BCUT2D eigenvalue weighted by Crippen LogP contribution is -2.26. The van der Waals surface area contributed by atoms with Crippen LogP contribution >= 0.6 is 0 Å². The second-order valence-electron chi connectivity index (χ2n) is 7.75. The first-order valence-corrected chi connectivity index (χ1v) is 10.3. The van der Waals surface area contributed by atoms with Crippen molar-refractivity contribution in [3.8, 4) is 0 Å². The Hall–Kier alpha value is -3.47. The molecular formula is C25H26N4O. The van der Waals surface area contributed by atoms with Crippen LogP contribution in [0.25, 0.3) is 11.0 Å². The Bertz CT molecular complexity index is 1130. The van der Waals surface area contributed by atoms with E-state index in [1.807, 2.05) is 18.2 Å². The van der Waals surface area contributed by atoms with Gasteiger partial charge in [-0.25, -0.2) is 4.98 Å². The molecule has 152 valence electrons. The molecule has 30 heavy (non-hydrogen) atoms. The minimum atomic E-state index is -0.116. The molecule has 4 rings (SSSR count). The molecule has 5 nitrogen and oxygen atoms in total. The number of fused-ring (bicyclic) bond motifs is 1. The summed E-state index contributed by atoms with van der Waals surface area (Å²) in [5.74, 6) is 1.37. The number of carbonyl (C=O) groups is 1. The molecule has 1 amide bonds. The first kappa shape index (κ1) is 19.8. The summed E-state index contributed by atoms with van der Waals surface area (Å²) < 4.78 is 2.25. The lowest BCUT2D eigenvalue weighted by molar-refractivity contribution is 0.0953.